The molecule has 2 aliphatic heterocycles. The van der Waals surface area contributed by atoms with Gasteiger partial charge in [-0.2, -0.15) is 0 Å². The summed E-state index contributed by atoms with van der Waals surface area (Å²) in [4.78, 5) is 14.3. The largest absolute Gasteiger partial charge is 0.493 e. The quantitative estimate of drug-likeness (QED) is 0.158. The Morgan fingerprint density at radius 3 is 2.37 bits per heavy atom. The van der Waals surface area contributed by atoms with Crippen LogP contribution in [0.1, 0.15) is 52.2 Å². The monoisotopic (exact) mass is 664 g/mol. The zero-order valence-electron chi connectivity index (χ0n) is 28.1. The van der Waals surface area contributed by atoms with E-state index in [2.05, 4.69) is 59.3 Å². The molecular weight excluding hydrogens is 620 g/mol. The number of hydrogen-bond acceptors (Lipinski definition) is 8. The van der Waals surface area contributed by atoms with Crippen LogP contribution in [0.4, 0.5) is 4.79 Å². The fraction of sp³-hybridized carbons (Fsp3) is 0.325. The number of nitrogens with one attached hydrogen (secondary N) is 1. The molecule has 0 spiro atoms. The zero-order chi connectivity index (χ0) is 34.2. The van der Waals surface area contributed by atoms with E-state index in [0.29, 0.717) is 13.0 Å². The van der Waals surface area contributed by atoms with Gasteiger partial charge in [0.1, 0.15) is 6.61 Å². The van der Waals surface area contributed by atoms with Crippen LogP contribution in [0, 0.1) is 0 Å². The minimum atomic E-state index is -0.547. The van der Waals surface area contributed by atoms with Gasteiger partial charge in [0.15, 0.2) is 17.8 Å². The topological polar surface area (TPSA) is 98.7 Å². The number of alkyl carbamates (subject to hydrolysis) is 1. The standard InChI is InChI=1S/C40H44N2O7/c1-4-18-47-40(44)41-23-28-6-5-7-32(19-28)29-12-14-31(15-13-29)39-48-35(22-36(49-39)30-10-8-27(26-43)9-11-30)25-42-17-16-33-20-37(45-2)38(46-3)21-34(33)24-42/h4-15,19-21,35-36,39,43H,1,16-18,22-26H2,2-3H3,(H,41,44). The fourth-order valence-electron chi connectivity index (χ4n) is 6.47. The van der Waals surface area contributed by atoms with Gasteiger partial charge in [0.2, 0.25) is 0 Å². The molecule has 9 nitrogen and oxygen atoms in total. The summed E-state index contributed by atoms with van der Waals surface area (Å²) in [7, 11) is 3.34. The number of benzene rings is 4. The van der Waals surface area contributed by atoms with Gasteiger partial charge >= 0.3 is 6.09 Å². The van der Waals surface area contributed by atoms with Crippen LogP contribution in [-0.2, 0) is 40.3 Å². The molecule has 9 heteroatoms. The lowest BCUT2D eigenvalue weighted by atomic mass is 9.96. The number of carbonyl (C=O) groups excluding carboxylic acids is 1. The van der Waals surface area contributed by atoms with Crippen molar-refractivity contribution in [2.75, 3.05) is 33.9 Å². The van der Waals surface area contributed by atoms with Crippen LogP contribution < -0.4 is 14.8 Å². The number of aliphatic hydroxyl groups is 1. The molecule has 0 saturated carbocycles. The van der Waals surface area contributed by atoms with Crippen molar-refractivity contribution >= 4 is 6.09 Å². The van der Waals surface area contributed by atoms with E-state index in [1.54, 1.807) is 14.2 Å². The number of hydrogen-bond donors (Lipinski definition) is 2. The second-order valence-electron chi connectivity index (χ2n) is 12.4. The van der Waals surface area contributed by atoms with Gasteiger partial charge in [0.25, 0.3) is 0 Å². The third-order valence-corrected chi connectivity index (χ3v) is 9.09. The summed E-state index contributed by atoms with van der Waals surface area (Å²) in [5.74, 6) is 1.50. The maximum Gasteiger partial charge on any atom is 0.407 e. The first kappa shape index (κ1) is 34.2. The average Bonchev–Trinajstić information content (AvgIpc) is 3.15. The molecule has 1 fully saturated rings. The molecular formula is C40H44N2O7. The number of rotatable bonds is 12. The molecule has 0 aliphatic carbocycles. The molecule has 1 amide bonds. The average molecular weight is 665 g/mol. The summed E-state index contributed by atoms with van der Waals surface area (Å²) in [6, 6.07) is 28.5. The molecule has 256 valence electrons. The molecule has 0 radical (unpaired) electrons. The predicted octanol–water partition coefficient (Wildman–Crippen LogP) is 6.88. The van der Waals surface area contributed by atoms with Crippen LogP contribution in [0.3, 0.4) is 0 Å². The van der Waals surface area contributed by atoms with Crippen molar-refractivity contribution in [2.45, 2.75) is 51.0 Å². The Hall–Kier alpha value is -4.67. The smallest absolute Gasteiger partial charge is 0.407 e. The molecule has 6 rings (SSSR count). The Morgan fingerprint density at radius 2 is 1.65 bits per heavy atom. The normalized spacial score (nSPS) is 19.0. The Labute approximate surface area is 288 Å². The number of methoxy groups -OCH3 is 2. The van der Waals surface area contributed by atoms with Crippen molar-refractivity contribution in [3.05, 3.63) is 131 Å². The van der Waals surface area contributed by atoms with Crippen molar-refractivity contribution < 1.29 is 33.6 Å². The van der Waals surface area contributed by atoms with Gasteiger partial charge < -0.3 is 34.1 Å². The van der Waals surface area contributed by atoms with E-state index in [9.17, 15) is 9.90 Å². The highest BCUT2D eigenvalue weighted by molar-refractivity contribution is 5.68. The lowest BCUT2D eigenvalue weighted by molar-refractivity contribution is -0.253. The first-order chi connectivity index (χ1) is 24.0. The minimum Gasteiger partial charge on any atom is -0.493 e. The van der Waals surface area contributed by atoms with Crippen molar-refractivity contribution in [1.82, 2.24) is 10.2 Å². The molecule has 2 heterocycles. The van der Waals surface area contributed by atoms with E-state index in [1.165, 1.54) is 17.2 Å². The highest BCUT2D eigenvalue weighted by Crippen LogP contribution is 2.40. The lowest BCUT2D eigenvalue weighted by Gasteiger charge is -2.39. The molecule has 0 bridgehead atoms. The van der Waals surface area contributed by atoms with Gasteiger partial charge in [-0.05, 0) is 63.6 Å². The second-order valence-corrected chi connectivity index (χ2v) is 12.4. The van der Waals surface area contributed by atoms with E-state index in [4.69, 9.17) is 23.7 Å². The van der Waals surface area contributed by atoms with Crippen LogP contribution >= 0.6 is 0 Å². The van der Waals surface area contributed by atoms with E-state index < -0.39 is 12.4 Å². The van der Waals surface area contributed by atoms with Gasteiger partial charge in [0, 0.05) is 38.2 Å². The van der Waals surface area contributed by atoms with E-state index in [-0.39, 0.29) is 25.4 Å². The third-order valence-electron chi connectivity index (χ3n) is 9.09. The van der Waals surface area contributed by atoms with Crippen molar-refractivity contribution in [3.8, 4) is 22.6 Å². The SMILES string of the molecule is C=CCOC(=O)NCc1cccc(-c2ccc(C3OC(CN4CCc5cc(OC)c(OC)cc5C4)CC(c4ccc(CO)cc4)O3)cc2)c1. The highest BCUT2D eigenvalue weighted by Gasteiger charge is 2.34. The lowest BCUT2D eigenvalue weighted by Crippen LogP contribution is -2.41. The number of carbonyl (C=O) groups is 1. The molecule has 1 saturated heterocycles. The summed E-state index contributed by atoms with van der Waals surface area (Å²) >= 11 is 0. The Morgan fingerprint density at radius 1 is 0.918 bits per heavy atom. The molecule has 4 aromatic rings. The number of amides is 1. The first-order valence-electron chi connectivity index (χ1n) is 16.6. The van der Waals surface area contributed by atoms with Crippen LogP contribution in [0.5, 0.6) is 11.5 Å². The van der Waals surface area contributed by atoms with Gasteiger partial charge in [0.05, 0.1) is 33.0 Å². The molecule has 3 unspecified atom stereocenters. The molecule has 2 aliphatic rings. The van der Waals surface area contributed by atoms with Gasteiger partial charge in [-0.3, -0.25) is 4.90 Å². The molecule has 49 heavy (non-hydrogen) atoms. The van der Waals surface area contributed by atoms with Crippen molar-refractivity contribution in [2.24, 2.45) is 0 Å². The summed E-state index contributed by atoms with van der Waals surface area (Å²) in [5.41, 5.74) is 8.44. The maximum atomic E-state index is 11.9. The van der Waals surface area contributed by atoms with Crippen molar-refractivity contribution in [1.29, 1.82) is 0 Å². The van der Waals surface area contributed by atoms with Gasteiger partial charge in [-0.25, -0.2) is 4.79 Å². The summed E-state index contributed by atoms with van der Waals surface area (Å²) in [5, 5.41) is 12.4. The van der Waals surface area contributed by atoms with Gasteiger partial charge in [-0.15, -0.1) is 0 Å². The Balaban J connectivity index is 1.17. The zero-order valence-corrected chi connectivity index (χ0v) is 28.1. The summed E-state index contributed by atoms with van der Waals surface area (Å²) in [6.07, 6.45) is 1.91. The number of fused-ring (bicyclic) bond motifs is 1. The van der Waals surface area contributed by atoms with E-state index >= 15 is 0 Å². The van der Waals surface area contributed by atoms with Crippen LogP contribution in [-0.4, -0.2) is 56.1 Å². The third kappa shape index (κ3) is 8.50. The summed E-state index contributed by atoms with van der Waals surface area (Å²) in [6.45, 7) is 6.58. The molecule has 2 N–H and O–H groups in total. The van der Waals surface area contributed by atoms with Gasteiger partial charge in [-0.1, -0.05) is 79.4 Å². The van der Waals surface area contributed by atoms with Crippen LogP contribution in [0.15, 0.2) is 97.6 Å². The number of ether oxygens (including phenoxy) is 5. The number of nitrogens with zero attached hydrogens (tertiary/aromatic N) is 1. The highest BCUT2D eigenvalue weighted by atomic mass is 16.7. The summed E-state index contributed by atoms with van der Waals surface area (Å²) < 4.78 is 29.4. The molecule has 3 atom stereocenters. The maximum absolute atomic E-state index is 11.9. The van der Waals surface area contributed by atoms with E-state index in [0.717, 1.165) is 70.9 Å². The molecule has 0 aromatic heterocycles. The van der Waals surface area contributed by atoms with Crippen LogP contribution in [0.2, 0.25) is 0 Å². The second kappa shape index (κ2) is 16.2. The molecule has 4 aromatic carbocycles. The fourth-order valence-corrected chi connectivity index (χ4v) is 6.47. The van der Waals surface area contributed by atoms with E-state index in [1.807, 2.05) is 42.5 Å². The Bertz CT molecular complexity index is 1720. The van der Waals surface area contributed by atoms with Crippen molar-refractivity contribution in [3.63, 3.8) is 0 Å². The van der Waals surface area contributed by atoms with Crippen LogP contribution in [0.25, 0.3) is 11.1 Å². The Kier molecular flexibility index (Phi) is 11.3. The minimum absolute atomic E-state index is 0.00129. The predicted molar refractivity (Wildman–Crippen MR) is 187 cm³/mol. The number of aliphatic hydroxyl groups excluding tert-OH is 1. The first-order valence-corrected chi connectivity index (χ1v) is 16.6.